The summed E-state index contributed by atoms with van der Waals surface area (Å²) in [6, 6.07) is 17.7. The van der Waals surface area contributed by atoms with Crippen molar-refractivity contribution < 1.29 is 13.5 Å². The molecule has 2 aromatic carbocycles. The van der Waals surface area contributed by atoms with Crippen LogP contribution >= 0.6 is 0 Å². The summed E-state index contributed by atoms with van der Waals surface area (Å²) in [7, 11) is -3.47. The van der Waals surface area contributed by atoms with E-state index in [1.165, 1.54) is 0 Å². The highest BCUT2D eigenvalue weighted by atomic mass is 32.2. The molecule has 0 bridgehead atoms. The molecule has 5 heteroatoms. The Morgan fingerprint density at radius 3 is 2.14 bits per heavy atom. The fourth-order valence-corrected chi connectivity index (χ4v) is 4.00. The first kappa shape index (κ1) is 16.7. The van der Waals surface area contributed by atoms with Gasteiger partial charge in [-0.05, 0) is 30.7 Å². The Hall–Kier alpha value is -1.69. The molecule has 22 heavy (non-hydrogen) atoms. The van der Waals surface area contributed by atoms with Crippen LogP contribution in [0.5, 0.6) is 0 Å². The molecular formula is C17H21NO3S. The number of aliphatic hydroxyl groups excluding tert-OH is 1. The lowest BCUT2D eigenvalue weighted by molar-refractivity contribution is 0.286. The van der Waals surface area contributed by atoms with E-state index in [1.807, 2.05) is 30.3 Å². The number of aliphatic hydroxyl groups is 1. The van der Waals surface area contributed by atoms with E-state index in [2.05, 4.69) is 5.32 Å². The summed E-state index contributed by atoms with van der Waals surface area (Å²) in [5, 5.41) is 11.3. The summed E-state index contributed by atoms with van der Waals surface area (Å²) >= 11 is 0. The molecule has 4 nitrogen and oxygen atoms in total. The van der Waals surface area contributed by atoms with E-state index < -0.39 is 15.1 Å². The second kappa shape index (κ2) is 8.08. The van der Waals surface area contributed by atoms with E-state index in [0.29, 0.717) is 24.4 Å². The Morgan fingerprint density at radius 2 is 1.55 bits per heavy atom. The standard InChI is InChI=1S/C17H21NO3S/c19-13-7-12-18-14-17(15-8-3-1-4-9-15)22(20,21)16-10-5-2-6-11-16/h1-6,8-11,17-19H,7,12-14H2. The molecule has 2 N–H and O–H groups in total. The molecule has 0 aliphatic rings. The predicted octanol–water partition coefficient (Wildman–Crippen LogP) is 2.17. The molecule has 0 aromatic heterocycles. The van der Waals surface area contributed by atoms with Gasteiger partial charge in [0.25, 0.3) is 0 Å². The quantitative estimate of drug-likeness (QED) is 0.732. The molecule has 1 unspecified atom stereocenters. The fraction of sp³-hybridized carbons (Fsp3) is 0.294. The first-order valence-corrected chi connectivity index (χ1v) is 8.86. The van der Waals surface area contributed by atoms with E-state index in [9.17, 15) is 8.42 Å². The van der Waals surface area contributed by atoms with Gasteiger partial charge < -0.3 is 10.4 Å². The zero-order valence-corrected chi connectivity index (χ0v) is 13.2. The molecule has 0 aliphatic heterocycles. The Kier molecular flexibility index (Phi) is 6.12. The van der Waals surface area contributed by atoms with Gasteiger partial charge in [-0.2, -0.15) is 0 Å². The maximum Gasteiger partial charge on any atom is 0.186 e. The zero-order chi connectivity index (χ0) is 15.8. The van der Waals surface area contributed by atoms with Crippen molar-refractivity contribution >= 4 is 9.84 Å². The smallest absolute Gasteiger partial charge is 0.186 e. The minimum Gasteiger partial charge on any atom is -0.396 e. The second-order valence-corrected chi connectivity index (χ2v) is 7.17. The summed E-state index contributed by atoms with van der Waals surface area (Å²) in [6.07, 6.45) is 0.604. The van der Waals surface area contributed by atoms with E-state index in [0.717, 1.165) is 5.56 Å². The average Bonchev–Trinajstić information content (AvgIpc) is 2.56. The summed E-state index contributed by atoms with van der Waals surface area (Å²) in [5.74, 6) is 0. The minimum absolute atomic E-state index is 0.0917. The molecule has 0 heterocycles. The Labute approximate surface area is 131 Å². The van der Waals surface area contributed by atoms with Crippen LogP contribution in [0.4, 0.5) is 0 Å². The van der Waals surface area contributed by atoms with Gasteiger partial charge in [0.15, 0.2) is 9.84 Å². The van der Waals surface area contributed by atoms with Gasteiger partial charge in [-0.1, -0.05) is 48.5 Å². The fourth-order valence-electron chi connectivity index (χ4n) is 2.29. The van der Waals surface area contributed by atoms with Gasteiger partial charge in [0.1, 0.15) is 5.25 Å². The molecule has 118 valence electrons. The minimum atomic E-state index is -3.47. The molecule has 0 aliphatic carbocycles. The van der Waals surface area contributed by atoms with Crippen molar-refractivity contribution in [3.8, 4) is 0 Å². The van der Waals surface area contributed by atoms with Crippen LogP contribution in [0.2, 0.25) is 0 Å². The van der Waals surface area contributed by atoms with Crippen molar-refractivity contribution in [1.82, 2.24) is 5.32 Å². The van der Waals surface area contributed by atoms with E-state index >= 15 is 0 Å². The largest absolute Gasteiger partial charge is 0.396 e. The van der Waals surface area contributed by atoms with Gasteiger partial charge >= 0.3 is 0 Å². The van der Waals surface area contributed by atoms with Crippen molar-refractivity contribution in [1.29, 1.82) is 0 Å². The molecule has 0 radical (unpaired) electrons. The Bertz CT molecular complexity index is 657. The van der Waals surface area contributed by atoms with Gasteiger partial charge in [0, 0.05) is 13.2 Å². The summed E-state index contributed by atoms with van der Waals surface area (Å²) in [6.45, 7) is 1.000. The second-order valence-electron chi connectivity index (χ2n) is 5.04. The van der Waals surface area contributed by atoms with Crippen LogP contribution in [-0.4, -0.2) is 33.2 Å². The molecule has 0 fully saturated rings. The third kappa shape index (κ3) is 4.16. The van der Waals surface area contributed by atoms with Crippen LogP contribution in [0.25, 0.3) is 0 Å². The molecule has 0 saturated heterocycles. The maximum atomic E-state index is 12.9. The van der Waals surface area contributed by atoms with Gasteiger partial charge in [-0.3, -0.25) is 0 Å². The number of sulfone groups is 1. The van der Waals surface area contributed by atoms with Crippen LogP contribution in [0.15, 0.2) is 65.6 Å². The summed E-state index contributed by atoms with van der Waals surface area (Å²) in [4.78, 5) is 0.327. The number of hydrogen-bond acceptors (Lipinski definition) is 4. The van der Waals surface area contributed by atoms with Crippen LogP contribution in [0.3, 0.4) is 0 Å². The van der Waals surface area contributed by atoms with Crippen molar-refractivity contribution in [3.63, 3.8) is 0 Å². The summed E-state index contributed by atoms with van der Waals surface area (Å²) < 4.78 is 25.8. The monoisotopic (exact) mass is 319 g/mol. The van der Waals surface area contributed by atoms with Crippen molar-refractivity contribution in [2.45, 2.75) is 16.6 Å². The third-order valence-corrected chi connectivity index (χ3v) is 5.58. The van der Waals surface area contributed by atoms with Gasteiger partial charge in [0.2, 0.25) is 0 Å². The highest BCUT2D eigenvalue weighted by molar-refractivity contribution is 7.91. The predicted molar refractivity (Wildman–Crippen MR) is 87.4 cm³/mol. The molecule has 1 atom stereocenters. The zero-order valence-electron chi connectivity index (χ0n) is 12.4. The Balaban J connectivity index is 2.28. The normalized spacial score (nSPS) is 13.0. The molecular weight excluding hydrogens is 298 g/mol. The van der Waals surface area contributed by atoms with Crippen LogP contribution < -0.4 is 5.32 Å². The van der Waals surface area contributed by atoms with Crippen molar-refractivity contribution in [3.05, 3.63) is 66.2 Å². The highest BCUT2D eigenvalue weighted by Crippen LogP contribution is 2.28. The van der Waals surface area contributed by atoms with E-state index in [1.54, 1.807) is 30.3 Å². The van der Waals surface area contributed by atoms with Crippen molar-refractivity contribution in [2.24, 2.45) is 0 Å². The number of rotatable bonds is 8. The number of hydrogen-bond donors (Lipinski definition) is 2. The van der Waals surface area contributed by atoms with E-state index in [-0.39, 0.29) is 6.61 Å². The van der Waals surface area contributed by atoms with Crippen LogP contribution in [0.1, 0.15) is 17.2 Å². The maximum absolute atomic E-state index is 12.9. The lowest BCUT2D eigenvalue weighted by Gasteiger charge is -2.19. The van der Waals surface area contributed by atoms with Gasteiger partial charge in [-0.25, -0.2) is 8.42 Å². The van der Waals surface area contributed by atoms with Crippen molar-refractivity contribution in [2.75, 3.05) is 19.7 Å². The molecule has 0 spiro atoms. The molecule has 0 amide bonds. The van der Waals surface area contributed by atoms with Gasteiger partial charge in [-0.15, -0.1) is 0 Å². The SMILES string of the molecule is O=S(=O)(c1ccccc1)C(CNCCCO)c1ccccc1. The van der Waals surface area contributed by atoms with Crippen LogP contribution in [0, 0.1) is 0 Å². The lowest BCUT2D eigenvalue weighted by atomic mass is 10.1. The van der Waals surface area contributed by atoms with Gasteiger partial charge in [0.05, 0.1) is 4.90 Å². The molecule has 0 saturated carbocycles. The molecule has 2 aromatic rings. The highest BCUT2D eigenvalue weighted by Gasteiger charge is 2.28. The molecule has 2 rings (SSSR count). The topological polar surface area (TPSA) is 66.4 Å². The number of benzene rings is 2. The first-order chi connectivity index (χ1) is 10.7. The number of nitrogens with one attached hydrogen (secondary N) is 1. The average molecular weight is 319 g/mol. The third-order valence-electron chi connectivity index (χ3n) is 3.46. The lowest BCUT2D eigenvalue weighted by Crippen LogP contribution is -2.28. The summed E-state index contributed by atoms with van der Waals surface area (Å²) in [5.41, 5.74) is 0.767. The van der Waals surface area contributed by atoms with Crippen LogP contribution in [-0.2, 0) is 9.84 Å². The Morgan fingerprint density at radius 1 is 0.955 bits per heavy atom. The first-order valence-electron chi connectivity index (χ1n) is 7.31. The van der Waals surface area contributed by atoms with E-state index in [4.69, 9.17) is 5.11 Å².